The average Bonchev–Trinajstić information content (AvgIpc) is 3.20. The second-order valence-corrected chi connectivity index (χ2v) is 12.7. The Morgan fingerprint density at radius 2 is 1.68 bits per heavy atom. The molecule has 1 atom stereocenters. The molecule has 0 spiro atoms. The van der Waals surface area contributed by atoms with Crippen molar-refractivity contribution in [1.82, 2.24) is 3.97 Å². The molecule has 1 unspecified atom stereocenters. The third-order valence-corrected chi connectivity index (χ3v) is 10.1. The van der Waals surface area contributed by atoms with Gasteiger partial charge in [0.1, 0.15) is 0 Å². The molecule has 3 aromatic carbocycles. The van der Waals surface area contributed by atoms with Crippen molar-refractivity contribution in [1.29, 1.82) is 0 Å². The molecule has 6 nitrogen and oxygen atoms in total. The van der Waals surface area contributed by atoms with Gasteiger partial charge in [-0.15, -0.1) is 0 Å². The minimum absolute atomic E-state index is 0.244. The Balaban J connectivity index is 0.000000732. The summed E-state index contributed by atoms with van der Waals surface area (Å²) in [5.41, 5.74) is 2.46. The van der Waals surface area contributed by atoms with Crippen LogP contribution in [0.2, 0.25) is 5.02 Å². The highest BCUT2D eigenvalue weighted by Crippen LogP contribution is 2.42. The highest BCUT2D eigenvalue weighted by Gasteiger charge is 2.30. The maximum atomic E-state index is 13.7. The topological polar surface area (TPSA) is 74.6 Å². The second-order valence-electron chi connectivity index (χ2n) is 8.69. The van der Waals surface area contributed by atoms with E-state index in [0.717, 1.165) is 16.0 Å². The van der Waals surface area contributed by atoms with Gasteiger partial charge in [-0.1, -0.05) is 61.8 Å². The Kier molecular flexibility index (Phi) is 10.5. The van der Waals surface area contributed by atoms with Gasteiger partial charge in [0.25, 0.3) is 16.5 Å². The lowest BCUT2D eigenvalue weighted by atomic mass is 10.0. The molecule has 1 heterocycles. The zero-order valence-corrected chi connectivity index (χ0v) is 24.7. The quantitative estimate of drug-likeness (QED) is 0.168. The van der Waals surface area contributed by atoms with Crippen molar-refractivity contribution < 1.29 is 22.5 Å². The number of aromatic nitrogens is 1. The third-order valence-electron chi connectivity index (χ3n) is 5.83. The number of rotatable bonds is 9. The standard InChI is InChI=1S/C26H27ClNO3PS.C3H6O2/c1-5-31-32(22-11-9-10-20(16-22)18(2)3)26-19(4)28(25-15-14-21(27)17-24(25)26)33(29,30)23-12-7-6-8-13-23;1-2-5-3-4/h6-18H,5H2,1-4H3;3H,2H2,1H3. The number of halogens is 1. The van der Waals surface area contributed by atoms with Crippen LogP contribution >= 0.6 is 19.7 Å². The van der Waals surface area contributed by atoms with Crippen LogP contribution in [0.1, 0.15) is 44.9 Å². The Morgan fingerprint density at radius 3 is 2.26 bits per heavy atom. The number of ether oxygens (including phenoxy) is 1. The predicted molar refractivity (Wildman–Crippen MR) is 157 cm³/mol. The van der Waals surface area contributed by atoms with Gasteiger partial charge < -0.3 is 9.26 Å². The van der Waals surface area contributed by atoms with Gasteiger partial charge in [-0.25, -0.2) is 12.4 Å². The van der Waals surface area contributed by atoms with E-state index in [4.69, 9.17) is 16.1 Å². The predicted octanol–water partition coefficient (Wildman–Crippen LogP) is 6.53. The number of fused-ring (bicyclic) bond motifs is 1. The summed E-state index contributed by atoms with van der Waals surface area (Å²) in [4.78, 5) is 9.43. The Hall–Kier alpha value is -2.70. The molecule has 0 amide bonds. The highest BCUT2D eigenvalue weighted by atomic mass is 35.5. The number of carbonyl (C=O) groups is 1. The number of benzene rings is 3. The monoisotopic (exact) mass is 573 g/mol. The van der Waals surface area contributed by atoms with Gasteiger partial charge in [-0.3, -0.25) is 4.79 Å². The zero-order chi connectivity index (χ0) is 27.9. The SMILES string of the molecule is CCOC=O.CCOP(c1cccc(C(C)C)c1)c1c(C)n(S(=O)(=O)c2ccccc2)c2ccc(Cl)cc12. The summed E-state index contributed by atoms with van der Waals surface area (Å²) in [6.07, 6.45) is 0. The summed E-state index contributed by atoms with van der Waals surface area (Å²) in [5.74, 6) is 0.374. The van der Waals surface area contributed by atoms with E-state index >= 15 is 0 Å². The van der Waals surface area contributed by atoms with Gasteiger partial charge in [-0.05, 0) is 68.7 Å². The molecule has 0 bridgehead atoms. The van der Waals surface area contributed by atoms with Gasteiger partial charge >= 0.3 is 0 Å². The zero-order valence-electron chi connectivity index (χ0n) is 22.2. The van der Waals surface area contributed by atoms with E-state index in [2.05, 4.69) is 36.8 Å². The summed E-state index contributed by atoms with van der Waals surface area (Å²) in [6, 6.07) is 22.2. The molecule has 0 aliphatic carbocycles. The van der Waals surface area contributed by atoms with E-state index in [0.29, 0.717) is 41.8 Å². The van der Waals surface area contributed by atoms with Crippen LogP contribution in [0.3, 0.4) is 0 Å². The molecule has 0 aliphatic rings. The Morgan fingerprint density at radius 1 is 0.974 bits per heavy atom. The molecule has 0 saturated heterocycles. The van der Waals surface area contributed by atoms with Gasteiger partial charge in [0.05, 0.1) is 25.2 Å². The number of carbonyl (C=O) groups excluding carboxylic acids is 1. The normalized spacial score (nSPS) is 12.2. The van der Waals surface area contributed by atoms with Crippen LogP contribution in [0.5, 0.6) is 0 Å². The molecule has 1 aromatic heterocycles. The molecular weight excluding hydrogens is 541 g/mol. The molecule has 0 radical (unpaired) electrons. The first-order chi connectivity index (χ1) is 18.2. The van der Waals surface area contributed by atoms with Crippen LogP contribution < -0.4 is 10.6 Å². The number of nitrogens with zero attached hydrogens (tertiary/aromatic N) is 1. The first-order valence-corrected chi connectivity index (χ1v) is 15.4. The molecule has 4 rings (SSSR count). The molecule has 202 valence electrons. The smallest absolute Gasteiger partial charge is 0.293 e. The maximum Gasteiger partial charge on any atom is 0.293 e. The van der Waals surface area contributed by atoms with Crippen LogP contribution in [-0.4, -0.2) is 32.1 Å². The number of hydrogen-bond acceptors (Lipinski definition) is 5. The third kappa shape index (κ3) is 6.47. The number of hydrogen-bond donors (Lipinski definition) is 0. The lowest BCUT2D eigenvalue weighted by molar-refractivity contribution is -0.128. The van der Waals surface area contributed by atoms with Gasteiger partial charge in [-0.2, -0.15) is 0 Å². The van der Waals surface area contributed by atoms with Gasteiger partial charge in [0.2, 0.25) is 0 Å². The molecule has 0 fully saturated rings. The van der Waals surface area contributed by atoms with Crippen molar-refractivity contribution in [3.8, 4) is 0 Å². The average molecular weight is 574 g/mol. The summed E-state index contributed by atoms with van der Waals surface area (Å²) in [5, 5.41) is 3.29. The van der Waals surface area contributed by atoms with Crippen LogP contribution in [0.4, 0.5) is 0 Å². The fourth-order valence-electron chi connectivity index (χ4n) is 4.09. The lowest BCUT2D eigenvalue weighted by Crippen LogP contribution is -2.20. The molecule has 4 aromatic rings. The Bertz CT molecular complexity index is 1490. The summed E-state index contributed by atoms with van der Waals surface area (Å²) in [6.45, 7) is 11.3. The highest BCUT2D eigenvalue weighted by molar-refractivity contribution is 7.90. The van der Waals surface area contributed by atoms with E-state index in [9.17, 15) is 13.2 Å². The first-order valence-electron chi connectivity index (χ1n) is 12.4. The van der Waals surface area contributed by atoms with Crippen molar-refractivity contribution in [3.05, 3.63) is 89.1 Å². The van der Waals surface area contributed by atoms with Crippen LogP contribution in [0.25, 0.3) is 10.9 Å². The van der Waals surface area contributed by atoms with E-state index in [1.54, 1.807) is 49.4 Å². The van der Waals surface area contributed by atoms with Crippen molar-refractivity contribution in [2.24, 2.45) is 0 Å². The van der Waals surface area contributed by atoms with E-state index in [1.807, 2.05) is 26.0 Å². The summed E-state index contributed by atoms with van der Waals surface area (Å²) >= 11 is 6.39. The van der Waals surface area contributed by atoms with Crippen LogP contribution in [0, 0.1) is 6.92 Å². The Labute approximate surface area is 231 Å². The minimum Gasteiger partial charge on any atom is -0.468 e. The van der Waals surface area contributed by atoms with Crippen LogP contribution in [-0.2, 0) is 24.1 Å². The van der Waals surface area contributed by atoms with Crippen molar-refractivity contribution in [2.45, 2.75) is 45.4 Å². The van der Waals surface area contributed by atoms with E-state index < -0.39 is 18.2 Å². The molecule has 38 heavy (non-hydrogen) atoms. The molecular formula is C29H33ClNO5PS. The van der Waals surface area contributed by atoms with Crippen molar-refractivity contribution in [2.75, 3.05) is 13.2 Å². The van der Waals surface area contributed by atoms with Crippen molar-refractivity contribution in [3.63, 3.8) is 0 Å². The fraction of sp³-hybridized carbons (Fsp3) is 0.276. The summed E-state index contributed by atoms with van der Waals surface area (Å²) in [7, 11) is -5.08. The van der Waals surface area contributed by atoms with Crippen LogP contribution in [0.15, 0.2) is 77.7 Å². The molecule has 0 aliphatic heterocycles. The molecule has 9 heteroatoms. The first kappa shape index (κ1) is 29.9. The van der Waals surface area contributed by atoms with Crippen molar-refractivity contribution >= 4 is 57.8 Å². The minimum atomic E-state index is -3.81. The summed E-state index contributed by atoms with van der Waals surface area (Å²) < 4.78 is 39.4. The van der Waals surface area contributed by atoms with Gasteiger partial charge in [0.15, 0.2) is 0 Å². The fourth-order valence-corrected chi connectivity index (χ4v) is 7.98. The molecule has 0 N–H and O–H groups in total. The largest absolute Gasteiger partial charge is 0.468 e. The second kappa shape index (κ2) is 13.4. The maximum absolute atomic E-state index is 13.7. The van der Waals surface area contributed by atoms with E-state index in [-0.39, 0.29) is 4.90 Å². The van der Waals surface area contributed by atoms with Gasteiger partial charge in [0, 0.05) is 33.3 Å². The molecule has 0 saturated carbocycles. The lowest BCUT2D eigenvalue weighted by Gasteiger charge is -2.20. The van der Waals surface area contributed by atoms with E-state index in [1.165, 1.54) is 9.54 Å².